The van der Waals surface area contributed by atoms with E-state index in [9.17, 15) is 9.18 Å². The first-order valence-corrected chi connectivity index (χ1v) is 4.44. The topological polar surface area (TPSA) is 57.5 Å². The third kappa shape index (κ3) is 2.89. The second-order valence-electron chi connectivity index (χ2n) is 2.97. The van der Waals surface area contributed by atoms with Crippen LogP contribution in [-0.2, 0) is 0 Å². The Bertz CT molecular complexity index is 386. The Balaban J connectivity index is 3.00. The summed E-state index contributed by atoms with van der Waals surface area (Å²) in [4.78, 5) is 10.5. The Morgan fingerprint density at radius 1 is 1.40 bits per heavy atom. The second-order valence-corrected chi connectivity index (χ2v) is 2.97. The van der Waals surface area contributed by atoms with Gasteiger partial charge in [-0.3, -0.25) is 4.79 Å². The summed E-state index contributed by atoms with van der Waals surface area (Å²) < 4.78 is 13.0. The van der Waals surface area contributed by atoms with Crippen molar-refractivity contribution in [2.45, 2.75) is 6.42 Å². The highest BCUT2D eigenvalue weighted by Gasteiger charge is 2.07. The van der Waals surface area contributed by atoms with Gasteiger partial charge in [0.2, 0.25) is 0 Å². The first-order valence-electron chi connectivity index (χ1n) is 4.44. The standard InChI is InChI=1S/C11H11FO3/c12-10-6-8(3-1-2-4-13)5-9(7-14)11(10)15/h1,3,5-7,13,15H,2,4H2. The number of aliphatic hydroxyl groups excluding tert-OH is 1. The molecule has 0 bridgehead atoms. The van der Waals surface area contributed by atoms with Gasteiger partial charge in [0.15, 0.2) is 17.9 Å². The molecule has 15 heavy (non-hydrogen) atoms. The van der Waals surface area contributed by atoms with Gasteiger partial charge in [-0.05, 0) is 24.1 Å². The maximum atomic E-state index is 13.0. The number of phenols is 1. The molecule has 1 rings (SSSR count). The third-order valence-electron chi connectivity index (χ3n) is 1.85. The lowest BCUT2D eigenvalue weighted by atomic mass is 10.1. The number of phenolic OH excluding ortho intramolecular Hbond substituents is 1. The van der Waals surface area contributed by atoms with Crippen LogP contribution in [0.4, 0.5) is 4.39 Å². The Kier molecular flexibility index (Phi) is 4.00. The first kappa shape index (κ1) is 11.4. The minimum atomic E-state index is -0.830. The highest BCUT2D eigenvalue weighted by Crippen LogP contribution is 2.22. The van der Waals surface area contributed by atoms with E-state index in [4.69, 9.17) is 10.2 Å². The molecule has 1 aromatic rings. The van der Waals surface area contributed by atoms with Crippen molar-refractivity contribution in [1.29, 1.82) is 0 Å². The van der Waals surface area contributed by atoms with Crippen molar-refractivity contribution < 1.29 is 19.4 Å². The van der Waals surface area contributed by atoms with Gasteiger partial charge in [0.25, 0.3) is 0 Å². The van der Waals surface area contributed by atoms with Gasteiger partial charge in [-0.2, -0.15) is 0 Å². The van der Waals surface area contributed by atoms with Gasteiger partial charge in [0, 0.05) is 6.61 Å². The van der Waals surface area contributed by atoms with Crippen LogP contribution in [0.15, 0.2) is 18.2 Å². The van der Waals surface area contributed by atoms with Crippen LogP contribution in [0.5, 0.6) is 5.75 Å². The molecule has 0 atom stereocenters. The van der Waals surface area contributed by atoms with Crippen molar-refractivity contribution in [3.8, 4) is 5.75 Å². The van der Waals surface area contributed by atoms with Gasteiger partial charge in [-0.15, -0.1) is 0 Å². The molecule has 4 heteroatoms. The molecule has 0 aliphatic rings. The predicted octanol–water partition coefficient (Wildman–Crippen LogP) is 1.74. The highest BCUT2D eigenvalue weighted by molar-refractivity contribution is 5.80. The summed E-state index contributed by atoms with van der Waals surface area (Å²) in [5.41, 5.74) is 0.388. The minimum absolute atomic E-state index is 0.0115. The Hall–Kier alpha value is -1.68. The molecule has 0 radical (unpaired) electrons. The van der Waals surface area contributed by atoms with Crippen molar-refractivity contribution in [2.24, 2.45) is 0 Å². The quantitative estimate of drug-likeness (QED) is 0.744. The van der Waals surface area contributed by atoms with Crippen LogP contribution >= 0.6 is 0 Å². The molecule has 0 heterocycles. The number of carbonyl (C=O) groups excluding carboxylic acids is 1. The van der Waals surface area contributed by atoms with Gasteiger partial charge in [-0.25, -0.2) is 4.39 Å². The molecule has 0 unspecified atom stereocenters. The number of halogens is 1. The lowest BCUT2D eigenvalue weighted by Gasteiger charge is -2.01. The van der Waals surface area contributed by atoms with Crippen LogP contribution in [0, 0.1) is 5.82 Å². The summed E-state index contributed by atoms with van der Waals surface area (Å²) in [6, 6.07) is 2.50. The number of hydrogen-bond acceptors (Lipinski definition) is 3. The summed E-state index contributed by atoms with van der Waals surface area (Å²) >= 11 is 0. The number of benzene rings is 1. The molecule has 0 saturated carbocycles. The molecule has 1 aromatic carbocycles. The Morgan fingerprint density at radius 3 is 2.73 bits per heavy atom. The van der Waals surface area contributed by atoms with Crippen molar-refractivity contribution in [3.05, 3.63) is 35.2 Å². The number of aromatic hydroxyl groups is 1. The lowest BCUT2D eigenvalue weighted by Crippen LogP contribution is -1.88. The SMILES string of the molecule is O=Cc1cc(C=CCCO)cc(F)c1O. The summed E-state index contributed by atoms with van der Waals surface area (Å²) in [5, 5.41) is 17.6. The van der Waals surface area contributed by atoms with E-state index in [2.05, 4.69) is 0 Å². The van der Waals surface area contributed by atoms with Crippen LogP contribution in [0.1, 0.15) is 22.3 Å². The Labute approximate surface area is 86.5 Å². The number of aliphatic hydroxyl groups is 1. The number of carbonyl (C=O) groups is 1. The van der Waals surface area contributed by atoms with Crippen LogP contribution < -0.4 is 0 Å². The summed E-state index contributed by atoms with van der Waals surface area (Å²) in [6.07, 6.45) is 4.08. The minimum Gasteiger partial charge on any atom is -0.504 e. The van der Waals surface area contributed by atoms with E-state index in [0.29, 0.717) is 18.3 Å². The van der Waals surface area contributed by atoms with Gasteiger partial charge < -0.3 is 10.2 Å². The fourth-order valence-corrected chi connectivity index (χ4v) is 1.12. The normalized spacial score (nSPS) is 10.8. The summed E-state index contributed by atoms with van der Waals surface area (Å²) in [6.45, 7) is 0.0115. The van der Waals surface area contributed by atoms with E-state index in [1.165, 1.54) is 6.07 Å². The number of hydrogen-bond donors (Lipinski definition) is 2. The smallest absolute Gasteiger partial charge is 0.166 e. The maximum absolute atomic E-state index is 13.0. The zero-order chi connectivity index (χ0) is 11.3. The average molecular weight is 210 g/mol. The van der Waals surface area contributed by atoms with Crippen LogP contribution in [0.2, 0.25) is 0 Å². The first-order chi connectivity index (χ1) is 7.19. The van der Waals surface area contributed by atoms with E-state index in [1.807, 2.05) is 0 Å². The van der Waals surface area contributed by atoms with Gasteiger partial charge in [0.1, 0.15) is 0 Å². The second kappa shape index (κ2) is 5.26. The van der Waals surface area contributed by atoms with Crippen LogP contribution in [0.25, 0.3) is 6.08 Å². The van der Waals surface area contributed by atoms with Gasteiger partial charge >= 0.3 is 0 Å². The molecule has 0 spiro atoms. The van der Waals surface area contributed by atoms with Crippen molar-refractivity contribution in [3.63, 3.8) is 0 Å². The van der Waals surface area contributed by atoms with E-state index in [0.717, 1.165) is 6.07 Å². The van der Waals surface area contributed by atoms with E-state index < -0.39 is 11.6 Å². The van der Waals surface area contributed by atoms with E-state index >= 15 is 0 Å². The lowest BCUT2D eigenvalue weighted by molar-refractivity contribution is 0.112. The molecule has 80 valence electrons. The predicted molar refractivity (Wildman–Crippen MR) is 54.2 cm³/mol. The molecule has 0 aliphatic heterocycles. The number of rotatable bonds is 4. The largest absolute Gasteiger partial charge is 0.504 e. The number of aldehydes is 1. The highest BCUT2D eigenvalue weighted by atomic mass is 19.1. The molecular formula is C11H11FO3. The fraction of sp³-hybridized carbons (Fsp3) is 0.182. The molecular weight excluding hydrogens is 199 g/mol. The van der Waals surface area contributed by atoms with Crippen molar-refractivity contribution in [2.75, 3.05) is 6.61 Å². The monoisotopic (exact) mass is 210 g/mol. The maximum Gasteiger partial charge on any atom is 0.166 e. The van der Waals surface area contributed by atoms with E-state index in [1.54, 1.807) is 12.2 Å². The molecule has 0 saturated heterocycles. The van der Waals surface area contributed by atoms with E-state index in [-0.39, 0.29) is 12.2 Å². The molecule has 3 nitrogen and oxygen atoms in total. The molecule has 0 aromatic heterocycles. The summed E-state index contributed by atoms with van der Waals surface area (Å²) in [5.74, 6) is -1.47. The van der Waals surface area contributed by atoms with Crippen molar-refractivity contribution in [1.82, 2.24) is 0 Å². The van der Waals surface area contributed by atoms with Gasteiger partial charge in [0.05, 0.1) is 5.56 Å². The summed E-state index contributed by atoms with van der Waals surface area (Å²) in [7, 11) is 0. The zero-order valence-corrected chi connectivity index (χ0v) is 7.98. The molecule has 0 fully saturated rings. The van der Waals surface area contributed by atoms with Crippen molar-refractivity contribution >= 4 is 12.4 Å². The molecule has 0 aliphatic carbocycles. The Morgan fingerprint density at radius 2 is 2.13 bits per heavy atom. The van der Waals surface area contributed by atoms with Crippen LogP contribution in [0.3, 0.4) is 0 Å². The van der Waals surface area contributed by atoms with Gasteiger partial charge in [-0.1, -0.05) is 12.2 Å². The fourth-order valence-electron chi connectivity index (χ4n) is 1.12. The third-order valence-corrected chi connectivity index (χ3v) is 1.85. The van der Waals surface area contributed by atoms with Crippen LogP contribution in [-0.4, -0.2) is 23.1 Å². The molecule has 2 N–H and O–H groups in total. The molecule has 0 amide bonds. The average Bonchev–Trinajstić information content (AvgIpc) is 2.23. The zero-order valence-electron chi connectivity index (χ0n) is 7.98.